The molecule has 2 heterocycles. The maximum atomic E-state index is 12.0. The molecule has 1 aliphatic carbocycles. The van der Waals surface area contributed by atoms with E-state index >= 15 is 0 Å². The second-order valence-electron chi connectivity index (χ2n) is 4.53. The number of hydrogen-bond donors (Lipinski definition) is 1. The number of nitrogens with zero attached hydrogens (tertiary/aromatic N) is 1. The molecule has 0 saturated heterocycles. The summed E-state index contributed by atoms with van der Waals surface area (Å²) in [6.45, 7) is 2.25. The summed E-state index contributed by atoms with van der Waals surface area (Å²) in [5.74, 6) is 0.661. The first-order valence-electron chi connectivity index (χ1n) is 6.04. The lowest BCUT2D eigenvalue weighted by molar-refractivity contribution is 0.0951. The molecule has 2 aromatic rings. The van der Waals surface area contributed by atoms with E-state index in [1.54, 1.807) is 11.3 Å². The number of amides is 1. The fourth-order valence-corrected chi connectivity index (χ4v) is 3.37. The minimum atomic E-state index is -0.0246. The van der Waals surface area contributed by atoms with E-state index < -0.39 is 0 Å². The van der Waals surface area contributed by atoms with Gasteiger partial charge in [0, 0.05) is 10.9 Å². The quantitative estimate of drug-likeness (QED) is 0.924. The number of aromatic nitrogens is 1. The van der Waals surface area contributed by atoms with E-state index in [2.05, 4.69) is 10.5 Å². The third-order valence-corrected chi connectivity index (χ3v) is 4.31. The summed E-state index contributed by atoms with van der Waals surface area (Å²) in [4.78, 5) is 14.1. The molecule has 0 fully saturated rings. The average Bonchev–Trinajstić information content (AvgIpc) is 3.00. The van der Waals surface area contributed by atoms with E-state index in [9.17, 15) is 4.79 Å². The Kier molecular flexibility index (Phi) is 2.91. The second kappa shape index (κ2) is 4.57. The van der Waals surface area contributed by atoms with Crippen molar-refractivity contribution in [1.82, 2.24) is 10.5 Å². The van der Waals surface area contributed by atoms with Crippen molar-refractivity contribution in [3.8, 4) is 0 Å². The van der Waals surface area contributed by atoms with Crippen molar-refractivity contribution in [2.45, 2.75) is 32.7 Å². The van der Waals surface area contributed by atoms with Crippen molar-refractivity contribution in [3.63, 3.8) is 0 Å². The second-order valence-corrected chi connectivity index (χ2v) is 5.67. The molecule has 1 aliphatic rings. The number of rotatable bonds is 3. The first-order chi connectivity index (χ1) is 8.72. The predicted octanol–water partition coefficient (Wildman–Crippen LogP) is 2.46. The third kappa shape index (κ3) is 2.18. The van der Waals surface area contributed by atoms with E-state index in [-0.39, 0.29) is 5.91 Å². The van der Waals surface area contributed by atoms with Gasteiger partial charge in [-0.05, 0) is 37.8 Å². The van der Waals surface area contributed by atoms with E-state index in [1.807, 2.05) is 19.1 Å². The molecule has 0 aliphatic heterocycles. The zero-order valence-corrected chi connectivity index (χ0v) is 11.0. The van der Waals surface area contributed by atoms with Crippen LogP contribution in [0.5, 0.6) is 0 Å². The Bertz CT molecular complexity index is 564. The number of aryl methyl sites for hydroxylation is 3. The predicted molar refractivity (Wildman–Crippen MR) is 68.8 cm³/mol. The van der Waals surface area contributed by atoms with Gasteiger partial charge in [0.05, 0.1) is 17.1 Å². The summed E-state index contributed by atoms with van der Waals surface area (Å²) in [5.41, 5.74) is 2.18. The molecule has 3 rings (SSSR count). The van der Waals surface area contributed by atoms with Crippen molar-refractivity contribution in [2.24, 2.45) is 0 Å². The summed E-state index contributed by atoms with van der Waals surface area (Å²) in [6, 6.07) is 3.85. The Balaban J connectivity index is 1.64. The minimum Gasteiger partial charge on any atom is -0.359 e. The van der Waals surface area contributed by atoms with Gasteiger partial charge >= 0.3 is 0 Å². The summed E-state index contributed by atoms with van der Waals surface area (Å²) in [7, 11) is 0. The van der Waals surface area contributed by atoms with Gasteiger partial charge in [0.15, 0.2) is 5.76 Å². The molecule has 0 spiro atoms. The van der Waals surface area contributed by atoms with Gasteiger partial charge in [-0.1, -0.05) is 5.16 Å². The topological polar surface area (TPSA) is 55.1 Å². The van der Waals surface area contributed by atoms with E-state index in [0.717, 1.165) is 23.4 Å². The molecule has 94 valence electrons. The van der Waals surface area contributed by atoms with Crippen LogP contribution in [-0.2, 0) is 19.4 Å². The van der Waals surface area contributed by atoms with Crippen LogP contribution in [0, 0.1) is 6.92 Å². The molecule has 2 aromatic heterocycles. The van der Waals surface area contributed by atoms with Gasteiger partial charge in [0.2, 0.25) is 0 Å². The van der Waals surface area contributed by atoms with Crippen LogP contribution >= 0.6 is 11.3 Å². The van der Waals surface area contributed by atoms with Gasteiger partial charge in [-0.3, -0.25) is 4.79 Å². The zero-order chi connectivity index (χ0) is 12.5. The summed E-state index contributed by atoms with van der Waals surface area (Å²) in [6.07, 6.45) is 3.45. The molecule has 5 heteroatoms. The van der Waals surface area contributed by atoms with E-state index in [0.29, 0.717) is 12.3 Å². The smallest absolute Gasteiger partial charge is 0.261 e. The van der Waals surface area contributed by atoms with Crippen molar-refractivity contribution >= 4 is 17.2 Å². The van der Waals surface area contributed by atoms with Crippen LogP contribution < -0.4 is 5.32 Å². The highest BCUT2D eigenvalue weighted by molar-refractivity contribution is 7.14. The highest BCUT2D eigenvalue weighted by atomic mass is 32.1. The molecule has 0 radical (unpaired) electrons. The molecule has 18 heavy (non-hydrogen) atoms. The van der Waals surface area contributed by atoms with Gasteiger partial charge in [-0.25, -0.2) is 0 Å². The Morgan fingerprint density at radius 3 is 3.11 bits per heavy atom. The standard InChI is InChI=1S/C13H14N2O2S/c1-8-5-10(17-15-8)7-14-13(16)12-6-9-3-2-4-11(9)18-12/h5-6H,2-4,7H2,1H3,(H,14,16). The average molecular weight is 262 g/mol. The van der Waals surface area contributed by atoms with Crippen LogP contribution in [-0.4, -0.2) is 11.1 Å². The highest BCUT2D eigenvalue weighted by Gasteiger charge is 2.18. The normalized spacial score (nSPS) is 13.6. The Labute approximate surface area is 109 Å². The van der Waals surface area contributed by atoms with Gasteiger partial charge in [-0.2, -0.15) is 0 Å². The molecule has 0 atom stereocenters. The lowest BCUT2D eigenvalue weighted by Gasteiger charge is -1.99. The van der Waals surface area contributed by atoms with Crippen LogP contribution in [0.25, 0.3) is 0 Å². The van der Waals surface area contributed by atoms with Crippen molar-refractivity contribution < 1.29 is 9.32 Å². The minimum absolute atomic E-state index is 0.0246. The maximum Gasteiger partial charge on any atom is 0.261 e. The van der Waals surface area contributed by atoms with E-state index in [1.165, 1.54) is 16.9 Å². The van der Waals surface area contributed by atoms with Crippen LogP contribution in [0.1, 0.15) is 38.0 Å². The molecule has 1 N–H and O–H groups in total. The molecule has 0 saturated carbocycles. The molecule has 0 aromatic carbocycles. The molecular weight excluding hydrogens is 248 g/mol. The van der Waals surface area contributed by atoms with Crippen LogP contribution in [0.2, 0.25) is 0 Å². The number of fused-ring (bicyclic) bond motifs is 1. The summed E-state index contributed by atoms with van der Waals surface area (Å²) >= 11 is 1.61. The van der Waals surface area contributed by atoms with Gasteiger partial charge in [0.1, 0.15) is 0 Å². The summed E-state index contributed by atoms with van der Waals surface area (Å²) < 4.78 is 5.05. The monoisotopic (exact) mass is 262 g/mol. The van der Waals surface area contributed by atoms with Gasteiger partial charge in [0.25, 0.3) is 5.91 Å². The first-order valence-corrected chi connectivity index (χ1v) is 6.86. The Morgan fingerprint density at radius 1 is 1.50 bits per heavy atom. The van der Waals surface area contributed by atoms with Crippen molar-refractivity contribution in [3.05, 3.63) is 38.9 Å². The Hall–Kier alpha value is -1.62. The van der Waals surface area contributed by atoms with Gasteiger partial charge < -0.3 is 9.84 Å². The third-order valence-electron chi connectivity index (χ3n) is 3.07. The van der Waals surface area contributed by atoms with Gasteiger partial charge in [-0.15, -0.1) is 11.3 Å². The Morgan fingerprint density at radius 2 is 2.39 bits per heavy atom. The van der Waals surface area contributed by atoms with E-state index in [4.69, 9.17) is 4.52 Å². The first kappa shape index (κ1) is 11.5. The highest BCUT2D eigenvalue weighted by Crippen LogP contribution is 2.30. The zero-order valence-electron chi connectivity index (χ0n) is 10.2. The lowest BCUT2D eigenvalue weighted by Crippen LogP contribution is -2.21. The molecule has 1 amide bonds. The maximum absolute atomic E-state index is 12.0. The van der Waals surface area contributed by atoms with Crippen molar-refractivity contribution in [1.29, 1.82) is 0 Å². The van der Waals surface area contributed by atoms with Crippen LogP contribution in [0.4, 0.5) is 0 Å². The summed E-state index contributed by atoms with van der Waals surface area (Å²) in [5, 5.41) is 6.64. The van der Waals surface area contributed by atoms with Crippen LogP contribution in [0.3, 0.4) is 0 Å². The molecule has 4 nitrogen and oxygen atoms in total. The molecule has 0 unspecified atom stereocenters. The number of carbonyl (C=O) groups is 1. The number of carbonyl (C=O) groups excluding carboxylic acids is 1. The fraction of sp³-hybridized carbons (Fsp3) is 0.385. The molecule has 0 bridgehead atoms. The number of thiophene rings is 1. The lowest BCUT2D eigenvalue weighted by atomic mass is 10.2. The number of nitrogens with one attached hydrogen (secondary N) is 1. The van der Waals surface area contributed by atoms with Crippen molar-refractivity contribution in [2.75, 3.05) is 0 Å². The largest absolute Gasteiger partial charge is 0.359 e. The van der Waals surface area contributed by atoms with Crippen LogP contribution in [0.15, 0.2) is 16.7 Å². The number of hydrogen-bond acceptors (Lipinski definition) is 4. The molecular formula is C13H14N2O2S. The SMILES string of the molecule is Cc1cc(CNC(=O)c2cc3c(s2)CCC3)on1. The fourth-order valence-electron chi connectivity index (χ4n) is 2.20.